The smallest absolute Gasteiger partial charge is 0.407 e. The maximum Gasteiger partial charge on any atom is 0.407 e. The van der Waals surface area contributed by atoms with E-state index in [0.29, 0.717) is 11.3 Å². The largest absolute Gasteiger partial charge is 0.445 e. The number of rotatable bonds is 7. The lowest BCUT2D eigenvalue weighted by atomic mass is 10.1. The lowest BCUT2D eigenvalue weighted by Crippen LogP contribution is -2.23. The summed E-state index contributed by atoms with van der Waals surface area (Å²) in [6.07, 6.45) is 1.14. The summed E-state index contributed by atoms with van der Waals surface area (Å²) in [6, 6.07) is 25.8. The van der Waals surface area contributed by atoms with E-state index in [4.69, 9.17) is 10.5 Å². The molecular formula is C25H23N5O3. The van der Waals surface area contributed by atoms with Gasteiger partial charge < -0.3 is 21.1 Å². The van der Waals surface area contributed by atoms with E-state index >= 15 is 0 Å². The SMILES string of the molecule is Nc1cn(-c2ccccc2)nc1NC(=O)c1ccc(CNC(=O)OCc2ccccc2)cc1. The van der Waals surface area contributed by atoms with Gasteiger partial charge in [0.05, 0.1) is 17.6 Å². The molecule has 0 atom stereocenters. The van der Waals surface area contributed by atoms with Gasteiger partial charge in [0, 0.05) is 12.1 Å². The molecule has 1 heterocycles. The summed E-state index contributed by atoms with van der Waals surface area (Å²) in [5.41, 5.74) is 9.40. The number of carbonyl (C=O) groups is 2. The average molecular weight is 441 g/mol. The Morgan fingerprint density at radius 2 is 1.55 bits per heavy atom. The van der Waals surface area contributed by atoms with Crippen LogP contribution in [0.15, 0.2) is 91.1 Å². The Kier molecular flexibility index (Phi) is 6.65. The predicted octanol–water partition coefficient (Wildman–Crippen LogP) is 4.13. The number of nitrogen functional groups attached to an aromatic ring is 1. The Bertz CT molecular complexity index is 1220. The number of para-hydroxylation sites is 1. The molecule has 4 N–H and O–H groups in total. The number of carbonyl (C=O) groups excluding carboxylic acids is 2. The van der Waals surface area contributed by atoms with Crippen LogP contribution in [0.4, 0.5) is 16.3 Å². The zero-order chi connectivity index (χ0) is 23.0. The van der Waals surface area contributed by atoms with Crippen LogP contribution in [0, 0.1) is 0 Å². The molecule has 8 heteroatoms. The summed E-state index contributed by atoms with van der Waals surface area (Å²) in [5, 5.41) is 9.78. The number of alkyl carbamates (subject to hydrolysis) is 1. The Hall–Kier alpha value is -4.59. The van der Waals surface area contributed by atoms with E-state index in [1.165, 1.54) is 0 Å². The second-order valence-corrected chi connectivity index (χ2v) is 7.28. The van der Waals surface area contributed by atoms with Gasteiger partial charge in [-0.25, -0.2) is 9.48 Å². The third-order valence-electron chi connectivity index (χ3n) is 4.86. The van der Waals surface area contributed by atoms with Crippen molar-refractivity contribution in [1.29, 1.82) is 0 Å². The van der Waals surface area contributed by atoms with Crippen molar-refractivity contribution in [3.63, 3.8) is 0 Å². The summed E-state index contributed by atoms with van der Waals surface area (Å²) in [5.74, 6) is -0.0439. The van der Waals surface area contributed by atoms with Crippen molar-refractivity contribution in [2.75, 3.05) is 11.1 Å². The van der Waals surface area contributed by atoms with E-state index in [1.54, 1.807) is 35.1 Å². The number of benzene rings is 3. The van der Waals surface area contributed by atoms with Crippen molar-refractivity contribution in [2.24, 2.45) is 0 Å². The Morgan fingerprint density at radius 3 is 2.24 bits per heavy atom. The molecule has 3 aromatic carbocycles. The topological polar surface area (TPSA) is 111 Å². The van der Waals surface area contributed by atoms with Crippen LogP contribution in [0.25, 0.3) is 5.69 Å². The molecule has 0 aliphatic rings. The first-order valence-corrected chi connectivity index (χ1v) is 10.3. The highest BCUT2D eigenvalue weighted by molar-refractivity contribution is 6.05. The van der Waals surface area contributed by atoms with Crippen LogP contribution in [-0.4, -0.2) is 21.8 Å². The fraction of sp³-hybridized carbons (Fsp3) is 0.0800. The van der Waals surface area contributed by atoms with Gasteiger partial charge in [0.25, 0.3) is 5.91 Å². The maximum absolute atomic E-state index is 12.6. The Balaban J connectivity index is 1.29. The minimum atomic E-state index is -0.509. The van der Waals surface area contributed by atoms with Crippen molar-refractivity contribution >= 4 is 23.5 Å². The summed E-state index contributed by atoms with van der Waals surface area (Å²) in [4.78, 5) is 24.5. The molecule has 166 valence electrons. The second kappa shape index (κ2) is 10.1. The van der Waals surface area contributed by atoms with Crippen LogP contribution in [0.3, 0.4) is 0 Å². The van der Waals surface area contributed by atoms with Crippen LogP contribution < -0.4 is 16.4 Å². The zero-order valence-electron chi connectivity index (χ0n) is 17.8. The first kappa shape index (κ1) is 21.6. The number of hydrogen-bond donors (Lipinski definition) is 3. The predicted molar refractivity (Wildman–Crippen MR) is 126 cm³/mol. The third kappa shape index (κ3) is 5.76. The van der Waals surface area contributed by atoms with Gasteiger partial charge in [-0.05, 0) is 35.4 Å². The van der Waals surface area contributed by atoms with Gasteiger partial charge in [-0.2, -0.15) is 0 Å². The number of nitrogens with one attached hydrogen (secondary N) is 2. The zero-order valence-corrected chi connectivity index (χ0v) is 17.8. The van der Waals surface area contributed by atoms with Gasteiger partial charge in [0.15, 0.2) is 5.82 Å². The van der Waals surface area contributed by atoms with Crippen molar-refractivity contribution < 1.29 is 14.3 Å². The third-order valence-corrected chi connectivity index (χ3v) is 4.86. The molecular weight excluding hydrogens is 418 g/mol. The Morgan fingerprint density at radius 1 is 0.879 bits per heavy atom. The lowest BCUT2D eigenvalue weighted by Gasteiger charge is -2.08. The van der Waals surface area contributed by atoms with E-state index in [1.807, 2.05) is 60.7 Å². The quantitative estimate of drug-likeness (QED) is 0.399. The molecule has 0 unspecified atom stereocenters. The molecule has 0 aliphatic carbocycles. The van der Waals surface area contributed by atoms with Crippen molar-refractivity contribution in [2.45, 2.75) is 13.2 Å². The summed E-state index contributed by atoms with van der Waals surface area (Å²) in [6.45, 7) is 0.485. The molecule has 4 aromatic rings. The van der Waals surface area contributed by atoms with Gasteiger partial charge >= 0.3 is 6.09 Å². The minimum absolute atomic E-state index is 0.203. The van der Waals surface area contributed by atoms with E-state index in [0.717, 1.165) is 16.8 Å². The number of ether oxygens (including phenoxy) is 1. The monoisotopic (exact) mass is 441 g/mol. The van der Waals surface area contributed by atoms with Gasteiger partial charge in [-0.3, -0.25) is 4.79 Å². The highest BCUT2D eigenvalue weighted by atomic mass is 16.5. The van der Waals surface area contributed by atoms with Crippen molar-refractivity contribution in [1.82, 2.24) is 15.1 Å². The summed E-state index contributed by atoms with van der Waals surface area (Å²) >= 11 is 0. The fourth-order valence-corrected chi connectivity index (χ4v) is 3.10. The highest BCUT2D eigenvalue weighted by Crippen LogP contribution is 2.19. The standard InChI is InChI=1S/C25H23N5O3/c26-22-16-30(21-9-5-2-6-10-21)29-23(22)28-24(31)20-13-11-18(12-14-20)15-27-25(32)33-17-19-7-3-1-4-8-19/h1-14,16H,15,17,26H2,(H,27,32)(H,28,29,31). The van der Waals surface area contributed by atoms with Gasteiger partial charge in [0.1, 0.15) is 6.61 Å². The van der Waals surface area contributed by atoms with E-state index in [2.05, 4.69) is 15.7 Å². The van der Waals surface area contributed by atoms with Crippen LogP contribution in [-0.2, 0) is 17.9 Å². The maximum atomic E-state index is 12.6. The van der Waals surface area contributed by atoms with E-state index < -0.39 is 6.09 Å². The average Bonchev–Trinajstić information content (AvgIpc) is 3.23. The van der Waals surface area contributed by atoms with Crippen LogP contribution in [0.5, 0.6) is 0 Å². The number of anilines is 2. The van der Waals surface area contributed by atoms with Crippen LogP contribution >= 0.6 is 0 Å². The molecule has 0 bridgehead atoms. The second-order valence-electron chi connectivity index (χ2n) is 7.28. The van der Waals surface area contributed by atoms with Crippen molar-refractivity contribution in [3.8, 4) is 5.69 Å². The number of aromatic nitrogens is 2. The van der Waals surface area contributed by atoms with Crippen LogP contribution in [0.1, 0.15) is 21.5 Å². The highest BCUT2D eigenvalue weighted by Gasteiger charge is 2.13. The molecule has 4 rings (SSSR count). The first-order chi connectivity index (χ1) is 16.1. The molecule has 8 nitrogen and oxygen atoms in total. The Labute approximate surface area is 191 Å². The summed E-state index contributed by atoms with van der Waals surface area (Å²) in [7, 11) is 0. The molecule has 0 fully saturated rings. The lowest BCUT2D eigenvalue weighted by molar-refractivity contribution is 0.102. The van der Waals surface area contributed by atoms with Crippen molar-refractivity contribution in [3.05, 3.63) is 108 Å². The van der Waals surface area contributed by atoms with Gasteiger partial charge in [-0.15, -0.1) is 5.10 Å². The van der Waals surface area contributed by atoms with E-state index in [-0.39, 0.29) is 24.9 Å². The first-order valence-electron chi connectivity index (χ1n) is 10.3. The number of nitrogens with zero attached hydrogens (tertiary/aromatic N) is 2. The molecule has 33 heavy (non-hydrogen) atoms. The molecule has 0 saturated heterocycles. The molecule has 0 radical (unpaired) electrons. The summed E-state index contributed by atoms with van der Waals surface area (Å²) < 4.78 is 6.80. The van der Waals surface area contributed by atoms with Gasteiger partial charge in [0.2, 0.25) is 0 Å². The normalized spacial score (nSPS) is 10.4. The minimum Gasteiger partial charge on any atom is -0.445 e. The van der Waals surface area contributed by atoms with E-state index in [9.17, 15) is 9.59 Å². The van der Waals surface area contributed by atoms with Crippen LogP contribution in [0.2, 0.25) is 0 Å². The number of hydrogen-bond acceptors (Lipinski definition) is 5. The number of nitrogens with two attached hydrogens (primary N) is 1. The molecule has 0 saturated carbocycles. The fourth-order valence-electron chi connectivity index (χ4n) is 3.10. The van der Waals surface area contributed by atoms with Gasteiger partial charge in [-0.1, -0.05) is 60.7 Å². The molecule has 2 amide bonds. The number of amides is 2. The molecule has 0 aliphatic heterocycles. The molecule has 0 spiro atoms. The molecule has 1 aromatic heterocycles.